The highest BCUT2D eigenvalue weighted by Gasteiger charge is 2.66. The van der Waals surface area contributed by atoms with Crippen molar-refractivity contribution in [1.82, 2.24) is 0 Å². The van der Waals surface area contributed by atoms with Crippen molar-refractivity contribution < 1.29 is 76.3 Å². The lowest BCUT2D eigenvalue weighted by atomic mass is 9.50. The van der Waals surface area contributed by atoms with Crippen LogP contribution in [0.15, 0.2) is 0 Å². The minimum atomic E-state index is -1.14. The second-order valence-corrected chi connectivity index (χ2v) is 36.3. The minimum Gasteiger partial charge on any atom is -0.460 e. The van der Waals surface area contributed by atoms with Gasteiger partial charge in [0, 0.05) is 46.7 Å². The third-order valence-electron chi connectivity index (χ3n) is 25.1. The Morgan fingerprint density at radius 3 is 1.22 bits per heavy atom. The molecule has 2 saturated heterocycles. The van der Waals surface area contributed by atoms with E-state index in [1.165, 1.54) is 36.4 Å². The molecule has 490 valence electrons. The Morgan fingerprint density at radius 2 is 0.818 bits per heavy atom. The van der Waals surface area contributed by atoms with Gasteiger partial charge in [0.25, 0.3) is 0 Å². The lowest BCUT2D eigenvalue weighted by molar-refractivity contribution is -0.213. The number of esters is 8. The molecule has 12 unspecified atom stereocenters. The summed E-state index contributed by atoms with van der Waals surface area (Å²) < 4.78 is 49.6. The molecule has 12 bridgehead atoms. The molecule has 0 spiro atoms. The van der Waals surface area contributed by atoms with E-state index in [2.05, 4.69) is 13.8 Å². The van der Waals surface area contributed by atoms with Gasteiger partial charge < -0.3 is 37.9 Å². The number of carbonyl (C=O) groups excluding carboxylic acids is 8. The van der Waals surface area contributed by atoms with Crippen molar-refractivity contribution in [2.45, 2.75) is 258 Å². The molecule has 0 aromatic rings. The molecule has 88 heavy (non-hydrogen) atoms. The van der Waals surface area contributed by atoms with Gasteiger partial charge in [0.15, 0.2) is 0 Å². The zero-order chi connectivity index (χ0) is 63.1. The lowest BCUT2D eigenvalue weighted by Gasteiger charge is -2.59. The number of thioether (sulfide) groups is 2. The van der Waals surface area contributed by atoms with Crippen molar-refractivity contribution in [1.29, 1.82) is 0 Å². The number of hydrogen-bond donors (Lipinski definition) is 0. The standard InChI is InChI=1S/C70H102O16S2/c1-63(2,59(75)81-53-41-29-47-49(31-41)57(73)79-55(47)53)33-68(10,62(78)86-70(12)45-25-39-20-40(27-45)28-46(70)26-39)36-88-18-14-52(72)84-66(7,8)16-15-65(5,6)83-51(71)13-17-87-35-67(9,61(77)82-54-42-30-48-50(32-42)58(74)80-56(48)54)34-64(3,4)60(76)85-69(11)43-21-37-19-38(23-43)24-44(69)22-37/h37-50,53-56H,13-36H2,1-12H3. The fraction of sp³-hybridized carbons (Fsp3) is 0.886. The molecule has 0 N–H and O–H groups in total. The Kier molecular flexibility index (Phi) is 17.0. The second-order valence-electron chi connectivity index (χ2n) is 34.1. The summed E-state index contributed by atoms with van der Waals surface area (Å²) in [4.78, 5) is 110. The van der Waals surface area contributed by atoms with Crippen LogP contribution in [0, 0.1) is 105 Å². The summed E-state index contributed by atoms with van der Waals surface area (Å²) in [5.74, 6) is 2.91. The first-order valence-corrected chi connectivity index (χ1v) is 36.4. The van der Waals surface area contributed by atoms with Crippen LogP contribution >= 0.6 is 23.5 Å². The third-order valence-corrected chi connectivity index (χ3v) is 27.7. The molecule has 16 nitrogen and oxygen atoms in total. The summed E-state index contributed by atoms with van der Waals surface area (Å²) in [6, 6.07) is 0. The SMILES string of the molecule is CC(C)(CCC(C)(C)OC(=O)CCSCC(C)(CC(C)(C)C(=O)OC1C2CC3C(=O)OC1C3C2)C(=O)OC1(C)C2CC3CC(C2)CC1C3)OC(=O)CCSCC(C)(CC(C)(C)C(=O)OC1(C)C2CC3CC(C2)CC1C3)C(=O)OC1C2CC3C(=O)OC1C3C2. The van der Waals surface area contributed by atoms with Crippen LogP contribution in [0.1, 0.15) is 212 Å². The van der Waals surface area contributed by atoms with E-state index in [1.807, 2.05) is 69.2 Å². The fourth-order valence-electron chi connectivity index (χ4n) is 20.7. The smallest absolute Gasteiger partial charge is 0.313 e. The molecule has 12 saturated carbocycles. The molecule has 0 radical (unpaired) electrons. The Balaban J connectivity index is 0.612. The van der Waals surface area contributed by atoms with Gasteiger partial charge >= 0.3 is 47.8 Å². The van der Waals surface area contributed by atoms with E-state index < -0.39 is 92.4 Å². The average molecular weight is 1260 g/mol. The molecule has 2 heterocycles. The van der Waals surface area contributed by atoms with E-state index in [-0.39, 0.29) is 90.8 Å². The maximum absolute atomic E-state index is 14.8. The molecule has 12 atom stereocenters. The Morgan fingerprint density at radius 1 is 0.466 bits per heavy atom. The van der Waals surface area contributed by atoms with Crippen molar-refractivity contribution in [3.8, 4) is 0 Å². The van der Waals surface area contributed by atoms with Crippen molar-refractivity contribution in [2.75, 3.05) is 23.0 Å². The maximum atomic E-state index is 14.8. The van der Waals surface area contributed by atoms with Crippen LogP contribution in [0.2, 0.25) is 0 Å². The Labute approximate surface area is 530 Å². The number of hydrogen-bond acceptors (Lipinski definition) is 18. The van der Waals surface area contributed by atoms with E-state index in [4.69, 9.17) is 37.9 Å². The fourth-order valence-corrected chi connectivity index (χ4v) is 23.0. The molecule has 14 rings (SSSR count). The van der Waals surface area contributed by atoms with Gasteiger partial charge in [0.1, 0.15) is 46.8 Å². The topological polar surface area (TPSA) is 210 Å². The Hall–Kier alpha value is -3.54. The van der Waals surface area contributed by atoms with Crippen LogP contribution in [0.5, 0.6) is 0 Å². The quantitative estimate of drug-likeness (QED) is 0.0425. The largest absolute Gasteiger partial charge is 0.460 e. The van der Waals surface area contributed by atoms with Crippen molar-refractivity contribution in [3.05, 3.63) is 0 Å². The first kappa shape index (κ1) is 64.6. The van der Waals surface area contributed by atoms with Crippen LogP contribution in [0.25, 0.3) is 0 Å². The van der Waals surface area contributed by atoms with Crippen LogP contribution in [0.4, 0.5) is 0 Å². The Bertz CT molecular complexity index is 2730. The van der Waals surface area contributed by atoms with Crippen LogP contribution in [-0.2, 0) is 76.3 Å². The van der Waals surface area contributed by atoms with Crippen molar-refractivity contribution in [3.63, 3.8) is 0 Å². The van der Waals surface area contributed by atoms with E-state index in [0.717, 1.165) is 76.0 Å². The zero-order valence-corrected chi connectivity index (χ0v) is 56.3. The molecule has 0 aromatic heterocycles. The predicted molar refractivity (Wildman–Crippen MR) is 328 cm³/mol. The van der Waals surface area contributed by atoms with Gasteiger partial charge in [-0.05, 0) is 246 Å². The predicted octanol–water partition coefficient (Wildman–Crippen LogP) is 12.0. The number of fused-ring (bicyclic) bond motifs is 2. The van der Waals surface area contributed by atoms with Crippen LogP contribution in [-0.4, -0.2) is 118 Å². The highest BCUT2D eigenvalue weighted by atomic mass is 32.2. The number of carbonyl (C=O) groups is 8. The molecular weight excluding hydrogens is 1160 g/mol. The molecule has 12 aliphatic carbocycles. The summed E-state index contributed by atoms with van der Waals surface area (Å²) >= 11 is 2.91. The lowest BCUT2D eigenvalue weighted by Crippen LogP contribution is -2.59. The van der Waals surface area contributed by atoms with Crippen LogP contribution in [0.3, 0.4) is 0 Å². The maximum Gasteiger partial charge on any atom is 0.313 e. The molecular formula is C70H102O16S2. The molecule has 14 fully saturated rings. The molecule has 0 aromatic carbocycles. The monoisotopic (exact) mass is 1260 g/mol. The van der Waals surface area contributed by atoms with E-state index >= 15 is 0 Å². The summed E-state index contributed by atoms with van der Waals surface area (Å²) in [7, 11) is 0. The van der Waals surface area contributed by atoms with Gasteiger partial charge in [-0.3, -0.25) is 38.4 Å². The summed E-state index contributed by atoms with van der Waals surface area (Å²) in [5.41, 5.74) is -7.23. The average Bonchev–Trinajstić information content (AvgIpc) is 1.03. The minimum absolute atomic E-state index is 0.0556. The van der Waals surface area contributed by atoms with E-state index in [1.54, 1.807) is 0 Å². The molecule has 0 amide bonds. The van der Waals surface area contributed by atoms with Crippen LogP contribution < -0.4 is 0 Å². The zero-order valence-electron chi connectivity index (χ0n) is 54.7. The van der Waals surface area contributed by atoms with Gasteiger partial charge in [0.05, 0.1) is 46.3 Å². The van der Waals surface area contributed by atoms with Gasteiger partial charge in [-0.25, -0.2) is 0 Å². The van der Waals surface area contributed by atoms with E-state index in [0.29, 0.717) is 78.4 Å². The van der Waals surface area contributed by atoms with Crippen molar-refractivity contribution in [2.24, 2.45) is 105 Å². The highest BCUT2D eigenvalue weighted by molar-refractivity contribution is 7.99. The van der Waals surface area contributed by atoms with Gasteiger partial charge in [-0.15, -0.1) is 0 Å². The number of rotatable bonds is 27. The first-order valence-electron chi connectivity index (χ1n) is 34.0. The van der Waals surface area contributed by atoms with Gasteiger partial charge in [-0.2, -0.15) is 23.5 Å². The third kappa shape index (κ3) is 12.2. The second kappa shape index (κ2) is 23.2. The summed E-state index contributed by atoms with van der Waals surface area (Å²) in [6.45, 7) is 22.8. The molecule has 14 aliphatic rings. The van der Waals surface area contributed by atoms with Gasteiger partial charge in [-0.1, -0.05) is 0 Å². The van der Waals surface area contributed by atoms with Crippen molar-refractivity contribution >= 4 is 71.3 Å². The van der Waals surface area contributed by atoms with Gasteiger partial charge in [0.2, 0.25) is 0 Å². The molecule has 18 heteroatoms. The molecule has 2 aliphatic heterocycles. The number of ether oxygens (including phenoxy) is 8. The van der Waals surface area contributed by atoms with E-state index in [9.17, 15) is 38.4 Å². The first-order chi connectivity index (χ1) is 41.2. The normalized spacial score (nSPS) is 39.8. The summed E-state index contributed by atoms with van der Waals surface area (Å²) in [6.07, 6.45) is 13.7. The summed E-state index contributed by atoms with van der Waals surface area (Å²) in [5, 5.41) is 0. The highest BCUT2D eigenvalue weighted by Crippen LogP contribution is 2.63.